The van der Waals surface area contributed by atoms with E-state index in [1.165, 1.54) is 18.4 Å². The molecule has 1 fully saturated rings. The number of halogens is 1. The number of thiazole rings is 1. The van der Waals surface area contributed by atoms with Crippen LogP contribution >= 0.6 is 22.9 Å². The summed E-state index contributed by atoms with van der Waals surface area (Å²) in [6, 6.07) is -0.243. The Balaban J connectivity index is 2.46. The number of carbonyl (C=O) groups is 1. The van der Waals surface area contributed by atoms with Crippen molar-refractivity contribution in [2.75, 3.05) is 7.11 Å². The van der Waals surface area contributed by atoms with Crippen molar-refractivity contribution >= 4 is 28.8 Å². The van der Waals surface area contributed by atoms with Gasteiger partial charge in [0.25, 0.3) is 5.91 Å². The lowest BCUT2D eigenvalue weighted by Crippen LogP contribution is -2.66. The second-order valence-corrected chi connectivity index (χ2v) is 7.81. The van der Waals surface area contributed by atoms with E-state index in [1.807, 2.05) is 27.0 Å². The molecule has 0 spiro atoms. The quantitative estimate of drug-likeness (QED) is 0.642. The second kappa shape index (κ2) is 5.69. The van der Waals surface area contributed by atoms with Crippen LogP contribution in [-0.4, -0.2) is 29.6 Å². The van der Waals surface area contributed by atoms with Gasteiger partial charge in [0.1, 0.15) is 10.2 Å². The van der Waals surface area contributed by atoms with E-state index in [4.69, 9.17) is 27.3 Å². The van der Waals surface area contributed by atoms with E-state index >= 15 is 0 Å². The Bertz CT molecular complexity index is 634. The first-order valence-corrected chi connectivity index (χ1v) is 8.03. The molecule has 6 nitrogen and oxygen atoms in total. The monoisotopic (exact) mass is 342 g/mol. The molecule has 0 aliphatic heterocycles. The highest BCUT2D eigenvalue weighted by atomic mass is 35.5. The van der Waals surface area contributed by atoms with Gasteiger partial charge in [0, 0.05) is 18.4 Å². The Morgan fingerprint density at radius 2 is 2.27 bits per heavy atom. The fourth-order valence-corrected chi connectivity index (χ4v) is 4.61. The summed E-state index contributed by atoms with van der Waals surface area (Å²) in [6.07, 6.45) is 2.24. The summed E-state index contributed by atoms with van der Waals surface area (Å²) in [5.41, 5.74) is 4.23. The molecular formula is C14H19ClN4O2S. The first kappa shape index (κ1) is 17.0. The van der Waals surface area contributed by atoms with Gasteiger partial charge in [0.2, 0.25) is 0 Å². The maximum absolute atomic E-state index is 11.9. The van der Waals surface area contributed by atoms with E-state index < -0.39 is 17.4 Å². The molecule has 0 aromatic carbocycles. The SMILES string of the molecule is COC1(C(N)=O)CC(NC#N)C1c1nc(Cl)c(C(C)(C)C)s1. The maximum Gasteiger partial charge on any atom is 0.250 e. The van der Waals surface area contributed by atoms with Crippen LogP contribution in [0.5, 0.6) is 0 Å². The first-order valence-electron chi connectivity index (χ1n) is 6.83. The number of nitrogens with zero attached hydrogens (tertiary/aromatic N) is 2. The molecular weight excluding hydrogens is 324 g/mol. The number of primary amides is 1. The normalized spacial score (nSPS) is 27.8. The lowest BCUT2D eigenvalue weighted by atomic mass is 9.64. The number of rotatable bonds is 4. The molecule has 1 amide bonds. The lowest BCUT2D eigenvalue weighted by Gasteiger charge is -2.50. The Labute approximate surface area is 138 Å². The van der Waals surface area contributed by atoms with Crippen molar-refractivity contribution in [3.8, 4) is 6.19 Å². The number of aromatic nitrogens is 1. The summed E-state index contributed by atoms with van der Waals surface area (Å²) in [7, 11) is 1.44. The number of nitriles is 1. The minimum absolute atomic E-state index is 0.155. The van der Waals surface area contributed by atoms with E-state index in [0.29, 0.717) is 16.6 Å². The molecule has 0 radical (unpaired) electrons. The Hall–Kier alpha value is -1.36. The van der Waals surface area contributed by atoms with Crippen LogP contribution in [0, 0.1) is 11.5 Å². The number of nitrogens with two attached hydrogens (primary N) is 1. The molecule has 0 bridgehead atoms. The van der Waals surface area contributed by atoms with Crippen molar-refractivity contribution in [3.05, 3.63) is 15.0 Å². The molecule has 3 N–H and O–H groups in total. The van der Waals surface area contributed by atoms with Gasteiger partial charge in [-0.3, -0.25) is 4.79 Å². The second-order valence-electron chi connectivity index (χ2n) is 6.42. The van der Waals surface area contributed by atoms with Crippen LogP contribution in [0.25, 0.3) is 0 Å². The number of amides is 1. The van der Waals surface area contributed by atoms with E-state index in [1.54, 1.807) is 0 Å². The average Bonchev–Trinajstić information content (AvgIpc) is 2.74. The van der Waals surface area contributed by atoms with E-state index in [2.05, 4.69) is 10.3 Å². The van der Waals surface area contributed by atoms with Crippen LogP contribution in [0.1, 0.15) is 43.0 Å². The van der Waals surface area contributed by atoms with E-state index in [0.717, 1.165) is 4.88 Å². The zero-order valence-electron chi connectivity index (χ0n) is 12.9. The smallest absolute Gasteiger partial charge is 0.250 e. The summed E-state index contributed by atoms with van der Waals surface area (Å²) in [4.78, 5) is 17.2. The van der Waals surface area contributed by atoms with Crippen molar-refractivity contribution in [1.29, 1.82) is 5.26 Å². The highest BCUT2D eigenvalue weighted by molar-refractivity contribution is 7.12. The Morgan fingerprint density at radius 1 is 1.64 bits per heavy atom. The van der Waals surface area contributed by atoms with Crippen molar-refractivity contribution in [2.24, 2.45) is 5.73 Å². The van der Waals surface area contributed by atoms with Gasteiger partial charge >= 0.3 is 0 Å². The fourth-order valence-electron chi connectivity index (χ4n) is 2.80. The third kappa shape index (κ3) is 2.56. The summed E-state index contributed by atoms with van der Waals surface area (Å²) < 4.78 is 5.41. The van der Waals surface area contributed by atoms with Gasteiger partial charge < -0.3 is 15.8 Å². The predicted molar refractivity (Wildman–Crippen MR) is 84.7 cm³/mol. The van der Waals surface area contributed by atoms with E-state index in [-0.39, 0.29) is 11.5 Å². The average molecular weight is 343 g/mol. The molecule has 2 rings (SSSR count). The van der Waals surface area contributed by atoms with Gasteiger partial charge in [0.15, 0.2) is 11.8 Å². The van der Waals surface area contributed by atoms with Gasteiger partial charge in [-0.05, 0) is 5.41 Å². The summed E-state index contributed by atoms with van der Waals surface area (Å²) in [6.45, 7) is 6.12. The molecule has 1 aromatic heterocycles. The molecule has 1 heterocycles. The largest absolute Gasteiger partial charge is 0.367 e. The number of methoxy groups -OCH3 is 1. The lowest BCUT2D eigenvalue weighted by molar-refractivity contribution is -0.160. The maximum atomic E-state index is 11.9. The third-order valence-electron chi connectivity index (χ3n) is 4.01. The van der Waals surface area contributed by atoms with Crippen LogP contribution in [0.3, 0.4) is 0 Å². The summed E-state index contributed by atoms with van der Waals surface area (Å²) in [5, 5.41) is 12.6. The van der Waals surface area contributed by atoms with Crippen LogP contribution in [-0.2, 0) is 14.9 Å². The molecule has 3 unspecified atom stereocenters. The Kier molecular flexibility index (Phi) is 4.39. The van der Waals surface area contributed by atoms with Gasteiger partial charge in [-0.2, -0.15) is 5.26 Å². The number of ether oxygens (including phenoxy) is 1. The Morgan fingerprint density at radius 3 is 2.68 bits per heavy atom. The standard InChI is InChI=1S/C14H19ClN4O2S/c1-13(2,3)9-10(15)19-11(22-9)8-7(18-6-16)5-14(8,21-4)12(17)20/h7-8,18H,5H2,1-4H3,(H2,17,20). The van der Waals surface area contributed by atoms with Gasteiger partial charge in [-0.15, -0.1) is 11.3 Å². The van der Waals surface area contributed by atoms with E-state index in [9.17, 15) is 4.79 Å². The van der Waals surface area contributed by atoms with Crippen molar-refractivity contribution in [2.45, 2.75) is 50.2 Å². The number of nitrogens with one attached hydrogen (secondary N) is 1. The highest BCUT2D eigenvalue weighted by Gasteiger charge is 2.61. The third-order valence-corrected chi connectivity index (χ3v) is 5.96. The molecule has 1 aliphatic rings. The zero-order valence-corrected chi connectivity index (χ0v) is 14.5. The predicted octanol–water partition coefficient (Wildman–Crippen LogP) is 1.89. The zero-order chi connectivity index (χ0) is 16.7. The number of hydrogen-bond acceptors (Lipinski definition) is 6. The molecule has 120 valence electrons. The van der Waals surface area contributed by atoms with Crippen LogP contribution in [0.2, 0.25) is 5.15 Å². The topological polar surface area (TPSA) is 101 Å². The molecule has 0 saturated heterocycles. The minimum atomic E-state index is -1.15. The van der Waals surface area contributed by atoms with Gasteiger partial charge in [-0.1, -0.05) is 32.4 Å². The summed E-state index contributed by atoms with van der Waals surface area (Å²) >= 11 is 7.69. The highest BCUT2D eigenvalue weighted by Crippen LogP contribution is 2.51. The van der Waals surface area contributed by atoms with Crippen LogP contribution < -0.4 is 11.1 Å². The van der Waals surface area contributed by atoms with Crippen LogP contribution in [0.4, 0.5) is 0 Å². The van der Waals surface area contributed by atoms with Crippen molar-refractivity contribution < 1.29 is 9.53 Å². The fraction of sp³-hybridized carbons (Fsp3) is 0.643. The van der Waals surface area contributed by atoms with Crippen molar-refractivity contribution in [1.82, 2.24) is 10.3 Å². The number of carbonyl (C=O) groups excluding carboxylic acids is 1. The molecule has 1 aromatic rings. The minimum Gasteiger partial charge on any atom is -0.367 e. The molecule has 3 atom stereocenters. The van der Waals surface area contributed by atoms with Gasteiger partial charge in [0.05, 0.1) is 12.0 Å². The molecule has 8 heteroatoms. The van der Waals surface area contributed by atoms with Crippen LogP contribution in [0.15, 0.2) is 0 Å². The number of hydrogen-bond donors (Lipinski definition) is 2. The molecule has 22 heavy (non-hydrogen) atoms. The summed E-state index contributed by atoms with van der Waals surface area (Å²) in [5.74, 6) is -0.979. The van der Waals surface area contributed by atoms with Crippen molar-refractivity contribution in [3.63, 3.8) is 0 Å². The van der Waals surface area contributed by atoms with Gasteiger partial charge in [-0.25, -0.2) is 4.98 Å². The molecule has 1 aliphatic carbocycles. The molecule has 1 saturated carbocycles. The first-order chi connectivity index (χ1) is 10.2.